The van der Waals surface area contributed by atoms with E-state index in [1.807, 2.05) is 13.8 Å². The molecule has 58 heavy (non-hydrogen) atoms. The molecule has 0 aliphatic heterocycles. The van der Waals surface area contributed by atoms with Crippen LogP contribution in [0, 0.1) is 13.8 Å². The monoisotopic (exact) mass is 790 g/mol. The highest BCUT2D eigenvalue weighted by atomic mass is 16.6. The van der Waals surface area contributed by atoms with E-state index in [4.69, 9.17) is 37.9 Å². The van der Waals surface area contributed by atoms with Gasteiger partial charge in [0.2, 0.25) is 0 Å². The molecule has 12 heteroatoms. The fraction of sp³-hybridized carbons (Fsp3) is 0.261. The standard InChI is InChI=1S/C46H46O12/c1-29-27-41(57-45(49)35-11-19-39(20-12-35)55-43(47)33-7-15-37(16-8-33)53-25-23-31(3)51-5)28-30(2)42(29)58-46(50)36-13-21-40(22-14-36)56-44(48)34-9-17-38(18-10-34)54-26-24-32(4)52-6/h7-22,27-28,31-32H,23-26H2,1-6H3. The molecule has 0 spiro atoms. The number of rotatable bonds is 18. The highest BCUT2D eigenvalue weighted by molar-refractivity contribution is 5.94. The van der Waals surface area contributed by atoms with Crippen LogP contribution in [0.1, 0.15) is 79.2 Å². The summed E-state index contributed by atoms with van der Waals surface area (Å²) in [5, 5.41) is 0. The number of carbonyl (C=O) groups is 4. The van der Waals surface area contributed by atoms with Gasteiger partial charge in [0.25, 0.3) is 0 Å². The van der Waals surface area contributed by atoms with Crippen molar-refractivity contribution in [2.45, 2.75) is 52.7 Å². The van der Waals surface area contributed by atoms with Crippen molar-refractivity contribution in [3.8, 4) is 34.5 Å². The second kappa shape index (κ2) is 20.6. The van der Waals surface area contributed by atoms with E-state index in [-0.39, 0.29) is 40.6 Å². The zero-order valence-electron chi connectivity index (χ0n) is 33.3. The van der Waals surface area contributed by atoms with Gasteiger partial charge in [0, 0.05) is 27.1 Å². The smallest absolute Gasteiger partial charge is 0.343 e. The average molecular weight is 791 g/mol. The van der Waals surface area contributed by atoms with E-state index in [0.717, 1.165) is 12.8 Å². The summed E-state index contributed by atoms with van der Waals surface area (Å²) in [5.41, 5.74) is 2.27. The number of aryl methyl sites for hydroxylation is 2. The topological polar surface area (TPSA) is 142 Å². The van der Waals surface area contributed by atoms with Crippen LogP contribution < -0.4 is 28.4 Å². The average Bonchev–Trinajstić information content (AvgIpc) is 3.22. The quantitative estimate of drug-likeness (QED) is 0.0619. The zero-order valence-corrected chi connectivity index (χ0v) is 33.3. The molecule has 0 aromatic heterocycles. The molecular formula is C46H46O12. The Kier molecular flexibility index (Phi) is 15.1. The molecule has 12 nitrogen and oxygen atoms in total. The van der Waals surface area contributed by atoms with Crippen LogP contribution in [0.3, 0.4) is 0 Å². The van der Waals surface area contributed by atoms with Gasteiger partial charge < -0.3 is 37.9 Å². The van der Waals surface area contributed by atoms with Gasteiger partial charge in [-0.25, -0.2) is 19.2 Å². The normalized spacial score (nSPS) is 11.8. The molecule has 5 rings (SSSR count). The van der Waals surface area contributed by atoms with Crippen LogP contribution in [0.2, 0.25) is 0 Å². The summed E-state index contributed by atoms with van der Waals surface area (Å²) in [4.78, 5) is 51.4. The highest BCUT2D eigenvalue weighted by Crippen LogP contribution is 2.30. The Hall–Kier alpha value is -6.50. The number of benzene rings is 5. The predicted molar refractivity (Wildman–Crippen MR) is 215 cm³/mol. The maximum absolute atomic E-state index is 13.1. The molecule has 0 radical (unpaired) electrons. The van der Waals surface area contributed by atoms with Crippen LogP contribution in [0.15, 0.2) is 109 Å². The number of ether oxygens (including phenoxy) is 8. The first-order chi connectivity index (χ1) is 27.9. The number of carbonyl (C=O) groups excluding carboxylic acids is 4. The van der Waals surface area contributed by atoms with Crippen LogP contribution in [-0.2, 0) is 9.47 Å². The molecule has 0 amide bonds. The number of methoxy groups -OCH3 is 2. The molecule has 5 aromatic rings. The maximum Gasteiger partial charge on any atom is 0.343 e. The second-order valence-corrected chi connectivity index (χ2v) is 13.4. The molecule has 302 valence electrons. The van der Waals surface area contributed by atoms with Crippen molar-refractivity contribution < 1.29 is 57.1 Å². The highest BCUT2D eigenvalue weighted by Gasteiger charge is 2.18. The largest absolute Gasteiger partial charge is 0.493 e. The minimum atomic E-state index is -0.632. The Morgan fingerprint density at radius 3 is 1.05 bits per heavy atom. The molecule has 0 N–H and O–H groups in total. The van der Waals surface area contributed by atoms with Crippen LogP contribution in [0.4, 0.5) is 0 Å². The molecule has 0 bridgehead atoms. The van der Waals surface area contributed by atoms with Crippen molar-refractivity contribution >= 4 is 23.9 Å². The van der Waals surface area contributed by atoms with Gasteiger partial charge in [0.1, 0.15) is 34.5 Å². The molecule has 0 fully saturated rings. The van der Waals surface area contributed by atoms with Crippen LogP contribution in [0.25, 0.3) is 0 Å². The van der Waals surface area contributed by atoms with Crippen LogP contribution >= 0.6 is 0 Å². The van der Waals surface area contributed by atoms with Crippen molar-refractivity contribution in [3.63, 3.8) is 0 Å². The Bertz CT molecular complexity index is 2140. The summed E-state index contributed by atoms with van der Waals surface area (Å²) in [6.45, 7) is 8.34. The van der Waals surface area contributed by atoms with Gasteiger partial charge in [-0.2, -0.15) is 0 Å². The lowest BCUT2D eigenvalue weighted by atomic mass is 10.1. The minimum absolute atomic E-state index is 0.0846. The first kappa shape index (κ1) is 42.6. The molecule has 0 aliphatic carbocycles. The third kappa shape index (κ3) is 12.2. The van der Waals surface area contributed by atoms with Gasteiger partial charge in [-0.1, -0.05) is 0 Å². The molecule has 5 aromatic carbocycles. The predicted octanol–water partition coefficient (Wildman–Crippen LogP) is 8.79. The summed E-state index contributed by atoms with van der Waals surface area (Å²) in [6.07, 6.45) is 1.64. The Labute approximate surface area is 337 Å². The Morgan fingerprint density at radius 2 is 0.724 bits per heavy atom. The number of hydrogen-bond donors (Lipinski definition) is 0. The van der Waals surface area contributed by atoms with E-state index in [9.17, 15) is 19.2 Å². The summed E-state index contributed by atoms with van der Waals surface area (Å²) >= 11 is 0. The van der Waals surface area contributed by atoms with Crippen molar-refractivity contribution in [1.29, 1.82) is 0 Å². The first-order valence-corrected chi connectivity index (χ1v) is 18.6. The Balaban J connectivity index is 1.10. The molecule has 0 aliphatic rings. The summed E-state index contributed by atoms with van der Waals surface area (Å²) < 4.78 is 44.1. The maximum atomic E-state index is 13.1. The van der Waals surface area contributed by atoms with Gasteiger partial charge in [-0.3, -0.25) is 0 Å². The molecular weight excluding hydrogens is 744 g/mol. The molecule has 2 atom stereocenters. The number of esters is 4. The molecule has 0 saturated heterocycles. The second-order valence-electron chi connectivity index (χ2n) is 13.4. The van der Waals surface area contributed by atoms with Gasteiger partial charge in [0.15, 0.2) is 0 Å². The van der Waals surface area contributed by atoms with Crippen LogP contribution in [0.5, 0.6) is 34.5 Å². The first-order valence-electron chi connectivity index (χ1n) is 18.6. The van der Waals surface area contributed by atoms with Crippen LogP contribution in [-0.4, -0.2) is 63.5 Å². The van der Waals surface area contributed by atoms with E-state index in [1.165, 1.54) is 48.5 Å². The lowest BCUT2D eigenvalue weighted by molar-refractivity contribution is 0.0715. The SMILES string of the molecule is COC(C)CCOc1ccc(C(=O)Oc2ccc(C(=O)Oc3cc(C)c(OC(=O)c4ccc(OC(=O)c5ccc(OCCC(C)OC)cc5)cc4)c(C)c3)cc2)cc1. The van der Waals surface area contributed by atoms with Crippen molar-refractivity contribution in [3.05, 3.63) is 143 Å². The van der Waals surface area contributed by atoms with E-state index in [2.05, 4.69) is 0 Å². The summed E-state index contributed by atoms with van der Waals surface area (Å²) in [6, 6.07) is 28.4. The van der Waals surface area contributed by atoms with Gasteiger partial charge in [-0.15, -0.1) is 0 Å². The van der Waals surface area contributed by atoms with Gasteiger partial charge >= 0.3 is 23.9 Å². The molecule has 0 saturated carbocycles. The molecule has 2 unspecified atom stereocenters. The zero-order chi connectivity index (χ0) is 41.6. The van der Waals surface area contributed by atoms with Crippen molar-refractivity contribution in [1.82, 2.24) is 0 Å². The van der Waals surface area contributed by atoms with Gasteiger partial charge in [-0.05, 0) is 148 Å². The minimum Gasteiger partial charge on any atom is -0.493 e. The van der Waals surface area contributed by atoms with E-state index >= 15 is 0 Å². The fourth-order valence-corrected chi connectivity index (χ4v) is 5.39. The van der Waals surface area contributed by atoms with E-state index in [0.29, 0.717) is 52.7 Å². The van der Waals surface area contributed by atoms with E-state index in [1.54, 1.807) is 88.7 Å². The third-order valence-electron chi connectivity index (χ3n) is 9.01. The van der Waals surface area contributed by atoms with Crippen molar-refractivity contribution in [2.75, 3.05) is 27.4 Å². The third-order valence-corrected chi connectivity index (χ3v) is 9.01. The van der Waals surface area contributed by atoms with E-state index < -0.39 is 23.9 Å². The molecule has 0 heterocycles. The lowest BCUT2D eigenvalue weighted by Crippen LogP contribution is -2.12. The Morgan fingerprint density at radius 1 is 0.431 bits per heavy atom. The lowest BCUT2D eigenvalue weighted by Gasteiger charge is -2.13. The summed E-state index contributed by atoms with van der Waals surface area (Å²) in [7, 11) is 3.30. The van der Waals surface area contributed by atoms with Crippen molar-refractivity contribution in [2.24, 2.45) is 0 Å². The summed E-state index contributed by atoms with van der Waals surface area (Å²) in [5.74, 6) is -0.0625. The fourth-order valence-electron chi connectivity index (χ4n) is 5.39. The van der Waals surface area contributed by atoms with Gasteiger partial charge in [0.05, 0.1) is 47.7 Å². The number of hydrogen-bond acceptors (Lipinski definition) is 12.